The first-order chi connectivity index (χ1) is 13.9. The third-order valence-corrected chi connectivity index (χ3v) is 5.58. The zero-order chi connectivity index (χ0) is 20.8. The van der Waals surface area contributed by atoms with Crippen LogP contribution in [-0.2, 0) is 11.2 Å². The predicted octanol–water partition coefficient (Wildman–Crippen LogP) is 3.28. The topological polar surface area (TPSA) is 47.6 Å². The summed E-state index contributed by atoms with van der Waals surface area (Å²) >= 11 is 5.19. The van der Waals surface area contributed by atoms with Gasteiger partial charge in [0.25, 0.3) is 0 Å². The standard InChI is InChI=1S/C23H30N4OS/c1-17-4-7-21(16-22(17)25-23(29)24-18(2)28)20-8-5-19(6-9-20)10-11-27-14-12-26(3)13-15-27/h4-9,16H,10-15H2,1-3H3,(H2,24,25,28,29). The van der Waals surface area contributed by atoms with Gasteiger partial charge in [0.15, 0.2) is 5.11 Å². The number of hydrogen-bond acceptors (Lipinski definition) is 4. The van der Waals surface area contributed by atoms with Crippen LogP contribution in [0.15, 0.2) is 42.5 Å². The molecular weight excluding hydrogens is 380 g/mol. The Bertz CT molecular complexity index is 858. The summed E-state index contributed by atoms with van der Waals surface area (Å²) in [5.41, 5.74) is 5.63. The van der Waals surface area contributed by atoms with E-state index in [4.69, 9.17) is 12.2 Å². The summed E-state index contributed by atoms with van der Waals surface area (Å²) < 4.78 is 0. The van der Waals surface area contributed by atoms with Crippen LogP contribution in [0, 0.1) is 6.92 Å². The van der Waals surface area contributed by atoms with Crippen LogP contribution in [0.2, 0.25) is 0 Å². The normalized spacial score (nSPS) is 15.1. The number of rotatable bonds is 5. The highest BCUT2D eigenvalue weighted by Crippen LogP contribution is 2.26. The third kappa shape index (κ3) is 6.35. The number of amides is 1. The Balaban J connectivity index is 1.62. The molecule has 0 aromatic heterocycles. The van der Waals surface area contributed by atoms with Gasteiger partial charge in [0.05, 0.1) is 0 Å². The Labute approximate surface area is 179 Å². The monoisotopic (exact) mass is 410 g/mol. The molecule has 5 nitrogen and oxygen atoms in total. The van der Waals surface area contributed by atoms with E-state index in [0.717, 1.165) is 56.0 Å². The van der Waals surface area contributed by atoms with Crippen LogP contribution in [0.4, 0.5) is 5.69 Å². The summed E-state index contributed by atoms with van der Waals surface area (Å²) in [4.78, 5) is 16.1. The Morgan fingerprint density at radius 1 is 1.03 bits per heavy atom. The van der Waals surface area contributed by atoms with Gasteiger partial charge in [-0.2, -0.15) is 0 Å². The molecule has 6 heteroatoms. The summed E-state index contributed by atoms with van der Waals surface area (Å²) in [6.07, 6.45) is 1.08. The Hall–Kier alpha value is -2.28. The van der Waals surface area contributed by atoms with Crippen LogP contribution in [0.3, 0.4) is 0 Å². The van der Waals surface area contributed by atoms with Gasteiger partial charge in [-0.1, -0.05) is 36.4 Å². The number of carbonyl (C=O) groups excluding carboxylic acids is 1. The quantitative estimate of drug-likeness (QED) is 0.741. The molecule has 0 unspecified atom stereocenters. The number of nitrogens with zero attached hydrogens (tertiary/aromatic N) is 2. The smallest absolute Gasteiger partial charge is 0.222 e. The van der Waals surface area contributed by atoms with Crippen LogP contribution in [0.25, 0.3) is 11.1 Å². The van der Waals surface area contributed by atoms with Gasteiger partial charge in [-0.3, -0.25) is 4.79 Å². The first kappa shape index (κ1) is 21.4. The lowest BCUT2D eigenvalue weighted by Gasteiger charge is -2.32. The Morgan fingerprint density at radius 3 is 2.34 bits per heavy atom. The third-order valence-electron chi connectivity index (χ3n) is 5.38. The van der Waals surface area contributed by atoms with Gasteiger partial charge < -0.3 is 20.4 Å². The van der Waals surface area contributed by atoms with Crippen LogP contribution in [0.1, 0.15) is 18.1 Å². The summed E-state index contributed by atoms with van der Waals surface area (Å²) in [7, 11) is 2.19. The van der Waals surface area contributed by atoms with Gasteiger partial charge in [-0.15, -0.1) is 0 Å². The van der Waals surface area contributed by atoms with E-state index < -0.39 is 0 Å². The molecule has 0 atom stereocenters. The largest absolute Gasteiger partial charge is 0.332 e. The molecule has 0 spiro atoms. The molecule has 154 valence electrons. The fourth-order valence-corrected chi connectivity index (χ4v) is 3.73. The minimum absolute atomic E-state index is 0.177. The van der Waals surface area contributed by atoms with E-state index in [1.165, 1.54) is 18.1 Å². The molecule has 1 aliphatic rings. The molecule has 0 radical (unpaired) electrons. The molecule has 1 saturated heterocycles. The number of nitrogens with one attached hydrogen (secondary N) is 2. The maximum atomic E-state index is 11.2. The summed E-state index contributed by atoms with van der Waals surface area (Å²) in [6, 6.07) is 15.1. The zero-order valence-electron chi connectivity index (χ0n) is 17.5. The zero-order valence-corrected chi connectivity index (χ0v) is 18.3. The van der Waals surface area contributed by atoms with Gasteiger partial charge in [-0.05, 0) is 60.9 Å². The van der Waals surface area contributed by atoms with Crippen molar-refractivity contribution in [1.29, 1.82) is 0 Å². The van der Waals surface area contributed by atoms with Gasteiger partial charge in [0.1, 0.15) is 0 Å². The number of likely N-dealkylation sites (N-methyl/N-ethyl adjacent to an activating group) is 1. The van der Waals surface area contributed by atoms with Gasteiger partial charge in [0.2, 0.25) is 5.91 Å². The minimum Gasteiger partial charge on any atom is -0.332 e. The van der Waals surface area contributed by atoms with Crippen LogP contribution < -0.4 is 10.6 Å². The highest BCUT2D eigenvalue weighted by atomic mass is 32.1. The van der Waals surface area contributed by atoms with Gasteiger partial charge >= 0.3 is 0 Å². The second kappa shape index (κ2) is 9.96. The number of thiocarbonyl (C=S) groups is 1. The fraction of sp³-hybridized carbons (Fsp3) is 0.391. The number of carbonyl (C=O) groups is 1. The average molecular weight is 411 g/mol. The first-order valence-corrected chi connectivity index (χ1v) is 10.5. The number of benzene rings is 2. The predicted molar refractivity (Wildman–Crippen MR) is 124 cm³/mol. The molecule has 1 fully saturated rings. The van der Waals surface area contributed by atoms with E-state index in [2.05, 4.69) is 69.9 Å². The lowest BCUT2D eigenvalue weighted by Crippen LogP contribution is -2.45. The van der Waals surface area contributed by atoms with Crippen molar-refractivity contribution in [2.75, 3.05) is 45.1 Å². The molecule has 0 saturated carbocycles. The van der Waals surface area contributed by atoms with Crippen molar-refractivity contribution >= 4 is 28.9 Å². The summed E-state index contributed by atoms with van der Waals surface area (Å²) in [5, 5.41) is 6.03. The molecule has 1 aliphatic heterocycles. The Morgan fingerprint density at radius 2 is 1.69 bits per heavy atom. The number of hydrogen-bond donors (Lipinski definition) is 2. The van der Waals surface area contributed by atoms with E-state index in [1.807, 2.05) is 6.92 Å². The molecule has 3 rings (SSSR count). The maximum Gasteiger partial charge on any atom is 0.222 e. The van der Waals surface area contributed by atoms with Crippen LogP contribution in [-0.4, -0.2) is 60.6 Å². The van der Waals surface area contributed by atoms with Crippen molar-refractivity contribution in [3.05, 3.63) is 53.6 Å². The van der Waals surface area contributed by atoms with E-state index in [1.54, 1.807) is 0 Å². The Kier molecular flexibility index (Phi) is 7.36. The van der Waals surface area contributed by atoms with E-state index >= 15 is 0 Å². The average Bonchev–Trinajstić information content (AvgIpc) is 2.69. The molecule has 0 bridgehead atoms. The number of piperazine rings is 1. The fourth-order valence-electron chi connectivity index (χ4n) is 3.47. The highest BCUT2D eigenvalue weighted by Gasteiger charge is 2.13. The van der Waals surface area contributed by atoms with E-state index in [0.29, 0.717) is 5.11 Å². The number of aryl methyl sites for hydroxylation is 1. The SMILES string of the molecule is CC(=O)NC(=S)Nc1cc(-c2ccc(CCN3CCN(C)CC3)cc2)ccc1C. The first-order valence-electron chi connectivity index (χ1n) is 10.1. The highest BCUT2D eigenvalue weighted by molar-refractivity contribution is 7.80. The molecular formula is C23H30N4OS. The lowest BCUT2D eigenvalue weighted by atomic mass is 10.0. The molecule has 1 amide bonds. The van der Waals surface area contributed by atoms with Crippen molar-refractivity contribution in [1.82, 2.24) is 15.1 Å². The molecule has 2 aromatic carbocycles. The van der Waals surface area contributed by atoms with Crippen molar-refractivity contribution < 1.29 is 4.79 Å². The molecule has 0 aliphatic carbocycles. The van der Waals surface area contributed by atoms with Crippen molar-refractivity contribution in [2.24, 2.45) is 0 Å². The second-order valence-corrected chi connectivity index (χ2v) is 8.17. The van der Waals surface area contributed by atoms with Crippen molar-refractivity contribution in [2.45, 2.75) is 20.3 Å². The number of anilines is 1. The maximum absolute atomic E-state index is 11.2. The van der Waals surface area contributed by atoms with E-state index in [9.17, 15) is 4.79 Å². The van der Waals surface area contributed by atoms with Crippen LogP contribution >= 0.6 is 12.2 Å². The molecule has 2 N–H and O–H groups in total. The van der Waals surface area contributed by atoms with Crippen LogP contribution in [0.5, 0.6) is 0 Å². The van der Waals surface area contributed by atoms with Crippen molar-refractivity contribution in [3.8, 4) is 11.1 Å². The molecule has 29 heavy (non-hydrogen) atoms. The van der Waals surface area contributed by atoms with E-state index in [-0.39, 0.29) is 5.91 Å². The molecule has 1 heterocycles. The second-order valence-electron chi connectivity index (χ2n) is 7.76. The lowest BCUT2D eigenvalue weighted by molar-refractivity contribution is -0.117. The summed E-state index contributed by atoms with van der Waals surface area (Å²) in [6.45, 7) is 9.23. The minimum atomic E-state index is -0.177. The van der Waals surface area contributed by atoms with Crippen molar-refractivity contribution in [3.63, 3.8) is 0 Å². The van der Waals surface area contributed by atoms with Gasteiger partial charge in [-0.25, -0.2) is 0 Å². The molecule has 2 aromatic rings. The van der Waals surface area contributed by atoms with Gasteiger partial charge in [0, 0.05) is 45.3 Å². The summed E-state index contributed by atoms with van der Waals surface area (Å²) in [5.74, 6) is -0.177.